The molecule has 1 fully saturated rings. The highest BCUT2D eigenvalue weighted by Crippen LogP contribution is 2.27. The van der Waals surface area contributed by atoms with Crippen LogP contribution in [0.15, 0.2) is 6.33 Å². The van der Waals surface area contributed by atoms with E-state index in [0.29, 0.717) is 6.04 Å². The number of anilines is 2. The molecule has 1 aromatic rings. The quantitative estimate of drug-likeness (QED) is 0.624. The highest BCUT2D eigenvalue weighted by molar-refractivity contribution is 5.58. The van der Waals surface area contributed by atoms with Crippen molar-refractivity contribution in [1.29, 1.82) is 0 Å². The molecule has 0 amide bonds. The van der Waals surface area contributed by atoms with Crippen LogP contribution in [0.4, 0.5) is 11.6 Å². The normalized spacial score (nSPS) is 16.8. The van der Waals surface area contributed by atoms with Crippen LogP contribution in [-0.2, 0) is 6.42 Å². The molecule has 1 saturated heterocycles. The van der Waals surface area contributed by atoms with Gasteiger partial charge in [0, 0.05) is 24.7 Å². The van der Waals surface area contributed by atoms with Crippen molar-refractivity contribution >= 4 is 11.6 Å². The lowest BCUT2D eigenvalue weighted by atomic mass is 10.0. The van der Waals surface area contributed by atoms with Gasteiger partial charge >= 0.3 is 0 Å². The summed E-state index contributed by atoms with van der Waals surface area (Å²) in [6.45, 7) is 4.25. The second kappa shape index (κ2) is 6.85. The standard InChI is InChI=1S/C14H26N6/c1-4-5-12-13(18-15)16-10-17-14(12)20-8-6-11(7-9-20)19(2)3/h10-11H,4-9,15H2,1-3H3,(H,16,17,18). The van der Waals surface area contributed by atoms with Gasteiger partial charge in [0.05, 0.1) is 0 Å². The Hall–Kier alpha value is -1.40. The number of nitrogens with one attached hydrogen (secondary N) is 1. The summed E-state index contributed by atoms with van der Waals surface area (Å²) < 4.78 is 0. The van der Waals surface area contributed by atoms with E-state index in [2.05, 4.69) is 46.2 Å². The van der Waals surface area contributed by atoms with E-state index < -0.39 is 0 Å². The van der Waals surface area contributed by atoms with Crippen molar-refractivity contribution in [3.63, 3.8) is 0 Å². The minimum absolute atomic E-state index is 0.676. The summed E-state index contributed by atoms with van der Waals surface area (Å²) in [5.74, 6) is 7.38. The van der Waals surface area contributed by atoms with Crippen LogP contribution in [0.2, 0.25) is 0 Å². The number of nitrogens with two attached hydrogens (primary N) is 1. The molecule has 1 aliphatic rings. The smallest absolute Gasteiger partial charge is 0.148 e. The number of hydrogen-bond acceptors (Lipinski definition) is 6. The Labute approximate surface area is 121 Å². The molecule has 1 aliphatic heterocycles. The summed E-state index contributed by atoms with van der Waals surface area (Å²) in [5, 5.41) is 0. The van der Waals surface area contributed by atoms with E-state index in [4.69, 9.17) is 5.84 Å². The Morgan fingerprint density at radius 1 is 1.35 bits per heavy atom. The summed E-state index contributed by atoms with van der Waals surface area (Å²) in [7, 11) is 4.31. The number of rotatable bonds is 5. The molecule has 0 bridgehead atoms. The third kappa shape index (κ3) is 3.19. The van der Waals surface area contributed by atoms with Gasteiger partial charge in [-0.25, -0.2) is 15.8 Å². The number of hydrogen-bond donors (Lipinski definition) is 2. The van der Waals surface area contributed by atoms with E-state index in [1.165, 1.54) is 12.8 Å². The minimum Gasteiger partial charge on any atom is -0.356 e. The first-order chi connectivity index (χ1) is 9.67. The van der Waals surface area contributed by atoms with E-state index in [1.807, 2.05) is 0 Å². The van der Waals surface area contributed by atoms with Crippen LogP contribution in [0.25, 0.3) is 0 Å². The lowest BCUT2D eigenvalue weighted by Crippen LogP contribution is -2.42. The molecule has 0 radical (unpaired) electrons. The van der Waals surface area contributed by atoms with Crippen LogP contribution >= 0.6 is 0 Å². The van der Waals surface area contributed by atoms with Gasteiger partial charge in [0.15, 0.2) is 0 Å². The van der Waals surface area contributed by atoms with Gasteiger partial charge in [-0.15, -0.1) is 0 Å². The van der Waals surface area contributed by atoms with E-state index >= 15 is 0 Å². The maximum atomic E-state index is 5.58. The molecule has 0 spiro atoms. The zero-order chi connectivity index (χ0) is 14.5. The summed E-state index contributed by atoms with van der Waals surface area (Å²) in [6, 6.07) is 0.676. The maximum absolute atomic E-state index is 5.58. The fraction of sp³-hybridized carbons (Fsp3) is 0.714. The van der Waals surface area contributed by atoms with Crippen LogP contribution < -0.4 is 16.2 Å². The Bertz CT molecular complexity index is 426. The third-order valence-corrected chi connectivity index (χ3v) is 4.05. The number of aromatic nitrogens is 2. The molecular formula is C14H26N6. The number of piperidine rings is 1. The zero-order valence-corrected chi connectivity index (χ0v) is 12.8. The molecule has 6 nitrogen and oxygen atoms in total. The van der Waals surface area contributed by atoms with Gasteiger partial charge < -0.3 is 15.2 Å². The molecule has 112 valence electrons. The fourth-order valence-electron chi connectivity index (χ4n) is 2.87. The van der Waals surface area contributed by atoms with Crippen molar-refractivity contribution in [2.24, 2.45) is 5.84 Å². The minimum atomic E-state index is 0.676. The van der Waals surface area contributed by atoms with Crippen molar-refractivity contribution < 1.29 is 0 Å². The third-order valence-electron chi connectivity index (χ3n) is 4.05. The Kier molecular flexibility index (Phi) is 5.14. The molecule has 0 atom stereocenters. The second-order valence-electron chi connectivity index (χ2n) is 5.60. The molecule has 6 heteroatoms. The van der Waals surface area contributed by atoms with Crippen LogP contribution in [0, 0.1) is 0 Å². The lowest BCUT2D eigenvalue weighted by Gasteiger charge is -2.36. The first-order valence-electron chi connectivity index (χ1n) is 7.39. The second-order valence-corrected chi connectivity index (χ2v) is 5.60. The van der Waals surface area contributed by atoms with Gasteiger partial charge in [-0.3, -0.25) is 0 Å². The Morgan fingerprint density at radius 3 is 2.60 bits per heavy atom. The largest absolute Gasteiger partial charge is 0.356 e. The predicted octanol–water partition coefficient (Wildman–Crippen LogP) is 1.25. The number of nitrogen functional groups attached to an aromatic ring is 1. The molecule has 2 rings (SSSR count). The van der Waals surface area contributed by atoms with Crippen molar-refractivity contribution in [1.82, 2.24) is 14.9 Å². The van der Waals surface area contributed by atoms with E-state index in [-0.39, 0.29) is 0 Å². The van der Waals surface area contributed by atoms with Crippen LogP contribution in [0.5, 0.6) is 0 Å². The summed E-state index contributed by atoms with van der Waals surface area (Å²) in [6.07, 6.45) is 5.95. The van der Waals surface area contributed by atoms with Gasteiger partial charge in [-0.1, -0.05) is 13.3 Å². The Balaban J connectivity index is 2.16. The van der Waals surface area contributed by atoms with Gasteiger partial charge in [0.1, 0.15) is 18.0 Å². The summed E-state index contributed by atoms with van der Waals surface area (Å²) in [5.41, 5.74) is 3.84. The van der Waals surface area contributed by atoms with Crippen molar-refractivity contribution in [3.8, 4) is 0 Å². The molecule has 0 aliphatic carbocycles. The molecule has 3 N–H and O–H groups in total. The molecule has 1 aromatic heterocycles. The van der Waals surface area contributed by atoms with Crippen LogP contribution in [-0.4, -0.2) is 48.1 Å². The monoisotopic (exact) mass is 278 g/mol. The van der Waals surface area contributed by atoms with Gasteiger partial charge in [0.2, 0.25) is 0 Å². The average molecular weight is 278 g/mol. The number of nitrogens with zero attached hydrogens (tertiary/aromatic N) is 4. The molecule has 2 heterocycles. The van der Waals surface area contributed by atoms with Gasteiger partial charge in [-0.2, -0.15) is 0 Å². The molecule has 0 saturated carbocycles. The van der Waals surface area contributed by atoms with E-state index in [0.717, 1.165) is 43.1 Å². The zero-order valence-electron chi connectivity index (χ0n) is 12.8. The highest BCUT2D eigenvalue weighted by Gasteiger charge is 2.24. The van der Waals surface area contributed by atoms with Crippen molar-refractivity contribution in [2.45, 2.75) is 38.6 Å². The molecular weight excluding hydrogens is 252 g/mol. The Morgan fingerprint density at radius 2 is 2.05 bits per heavy atom. The van der Waals surface area contributed by atoms with Gasteiger partial charge in [0.25, 0.3) is 0 Å². The average Bonchev–Trinajstić information content (AvgIpc) is 2.48. The summed E-state index contributed by atoms with van der Waals surface area (Å²) in [4.78, 5) is 13.4. The summed E-state index contributed by atoms with van der Waals surface area (Å²) >= 11 is 0. The first kappa shape index (κ1) is 15.0. The first-order valence-corrected chi connectivity index (χ1v) is 7.39. The highest BCUT2D eigenvalue weighted by atomic mass is 15.3. The lowest BCUT2D eigenvalue weighted by molar-refractivity contribution is 0.249. The van der Waals surface area contributed by atoms with Crippen LogP contribution in [0.1, 0.15) is 31.7 Å². The van der Waals surface area contributed by atoms with E-state index in [9.17, 15) is 0 Å². The topological polar surface area (TPSA) is 70.3 Å². The molecule has 0 unspecified atom stereocenters. The van der Waals surface area contributed by atoms with Gasteiger partial charge in [-0.05, 0) is 33.4 Å². The van der Waals surface area contributed by atoms with Crippen LogP contribution in [0.3, 0.4) is 0 Å². The molecule has 0 aromatic carbocycles. The fourth-order valence-corrected chi connectivity index (χ4v) is 2.87. The van der Waals surface area contributed by atoms with E-state index in [1.54, 1.807) is 6.33 Å². The maximum Gasteiger partial charge on any atom is 0.148 e. The predicted molar refractivity (Wildman–Crippen MR) is 82.8 cm³/mol. The van der Waals surface area contributed by atoms with Crippen molar-refractivity contribution in [3.05, 3.63) is 11.9 Å². The van der Waals surface area contributed by atoms with Crippen molar-refractivity contribution in [2.75, 3.05) is 37.5 Å². The molecule has 20 heavy (non-hydrogen) atoms. The number of hydrazine groups is 1. The SMILES string of the molecule is CCCc1c(NN)ncnc1N1CCC(N(C)C)CC1.